The monoisotopic (exact) mass is 321 g/mol. The minimum absolute atomic E-state index is 0.0465. The Morgan fingerprint density at radius 2 is 2.14 bits per heavy atom. The van der Waals surface area contributed by atoms with E-state index in [1.165, 1.54) is 0 Å². The van der Waals surface area contributed by atoms with Crippen molar-refractivity contribution in [3.63, 3.8) is 0 Å². The van der Waals surface area contributed by atoms with E-state index in [0.29, 0.717) is 11.6 Å². The summed E-state index contributed by atoms with van der Waals surface area (Å²) >= 11 is 3.22. The van der Waals surface area contributed by atoms with Crippen molar-refractivity contribution in [3.05, 3.63) is 44.1 Å². The number of fused-ring (bicyclic) bond motifs is 1. The Bertz CT molecular complexity index is 848. The predicted molar refractivity (Wildman–Crippen MR) is 86.0 cm³/mol. The standard InChI is InChI=1S/C14H15N3O2S2/c1-7-4-10(17-19-7)5-20-6-11-15-13(18)12-8(2)9(3)21-14(12)16-11/h4H,5-6H2,1-3H3,(H,15,16,18). The summed E-state index contributed by atoms with van der Waals surface area (Å²) in [4.78, 5) is 21.5. The molecule has 0 radical (unpaired) electrons. The minimum Gasteiger partial charge on any atom is -0.361 e. The molecule has 0 aliphatic heterocycles. The van der Waals surface area contributed by atoms with Gasteiger partial charge >= 0.3 is 0 Å². The molecule has 3 aromatic heterocycles. The lowest BCUT2D eigenvalue weighted by Crippen LogP contribution is -2.10. The topological polar surface area (TPSA) is 71.8 Å². The van der Waals surface area contributed by atoms with Crippen LogP contribution in [0.25, 0.3) is 10.2 Å². The molecule has 1 N–H and O–H groups in total. The van der Waals surface area contributed by atoms with E-state index < -0.39 is 0 Å². The maximum absolute atomic E-state index is 12.1. The molecule has 5 nitrogen and oxygen atoms in total. The van der Waals surface area contributed by atoms with Crippen LogP contribution in [-0.2, 0) is 11.5 Å². The summed E-state index contributed by atoms with van der Waals surface area (Å²) in [5.74, 6) is 2.90. The molecule has 21 heavy (non-hydrogen) atoms. The van der Waals surface area contributed by atoms with E-state index in [4.69, 9.17) is 4.52 Å². The Labute approximate surface area is 129 Å². The van der Waals surface area contributed by atoms with Crippen LogP contribution in [0, 0.1) is 20.8 Å². The Morgan fingerprint density at radius 1 is 1.33 bits per heavy atom. The lowest BCUT2D eigenvalue weighted by atomic mass is 10.2. The second-order valence-electron chi connectivity index (χ2n) is 4.90. The lowest BCUT2D eigenvalue weighted by Gasteiger charge is -2.00. The van der Waals surface area contributed by atoms with Crippen LogP contribution in [0.15, 0.2) is 15.4 Å². The number of hydrogen-bond acceptors (Lipinski definition) is 6. The molecule has 0 amide bonds. The second-order valence-corrected chi connectivity index (χ2v) is 7.09. The predicted octanol–water partition coefficient (Wildman–Crippen LogP) is 3.33. The Kier molecular flexibility index (Phi) is 3.86. The first-order valence-electron chi connectivity index (χ1n) is 6.53. The summed E-state index contributed by atoms with van der Waals surface area (Å²) in [5, 5.41) is 4.66. The van der Waals surface area contributed by atoms with E-state index >= 15 is 0 Å². The molecule has 110 valence electrons. The first-order chi connectivity index (χ1) is 10.0. The summed E-state index contributed by atoms with van der Waals surface area (Å²) in [6, 6.07) is 1.92. The molecule has 3 aromatic rings. The summed E-state index contributed by atoms with van der Waals surface area (Å²) < 4.78 is 5.02. The highest BCUT2D eigenvalue weighted by Crippen LogP contribution is 2.26. The highest BCUT2D eigenvalue weighted by atomic mass is 32.2. The van der Waals surface area contributed by atoms with Crippen molar-refractivity contribution in [1.82, 2.24) is 15.1 Å². The molecule has 3 heterocycles. The van der Waals surface area contributed by atoms with Gasteiger partial charge in [-0.1, -0.05) is 5.16 Å². The van der Waals surface area contributed by atoms with Gasteiger partial charge in [-0.3, -0.25) is 4.79 Å². The fraction of sp³-hybridized carbons (Fsp3) is 0.357. The number of H-pyrrole nitrogens is 1. The van der Waals surface area contributed by atoms with E-state index in [0.717, 1.165) is 37.9 Å². The first kappa shape index (κ1) is 14.3. The molecule has 0 unspecified atom stereocenters. The van der Waals surface area contributed by atoms with Crippen LogP contribution in [0.4, 0.5) is 0 Å². The van der Waals surface area contributed by atoms with Gasteiger partial charge in [0, 0.05) is 16.7 Å². The van der Waals surface area contributed by atoms with E-state index in [1.807, 2.05) is 26.8 Å². The normalized spacial score (nSPS) is 11.4. The SMILES string of the molecule is Cc1cc(CSCc2nc3sc(C)c(C)c3c(=O)[nH]2)no1. The van der Waals surface area contributed by atoms with Crippen molar-refractivity contribution in [3.8, 4) is 0 Å². The molecule has 0 spiro atoms. The molecule has 0 saturated heterocycles. The zero-order valence-corrected chi connectivity index (χ0v) is 13.7. The maximum atomic E-state index is 12.1. The first-order valence-corrected chi connectivity index (χ1v) is 8.50. The molecule has 0 atom stereocenters. The molecule has 0 bridgehead atoms. The molecule has 3 rings (SSSR count). The third kappa shape index (κ3) is 2.89. The molecule has 0 aliphatic carbocycles. The average Bonchev–Trinajstić information content (AvgIpc) is 2.95. The van der Waals surface area contributed by atoms with Crippen LogP contribution in [0.1, 0.15) is 27.7 Å². The van der Waals surface area contributed by atoms with Crippen molar-refractivity contribution in [1.29, 1.82) is 0 Å². The third-order valence-corrected chi connectivity index (χ3v) is 5.33. The average molecular weight is 321 g/mol. The fourth-order valence-electron chi connectivity index (χ4n) is 2.11. The maximum Gasteiger partial charge on any atom is 0.259 e. The van der Waals surface area contributed by atoms with Crippen molar-refractivity contribution >= 4 is 33.3 Å². The summed E-state index contributed by atoms with van der Waals surface area (Å²) in [6.45, 7) is 5.85. The van der Waals surface area contributed by atoms with Crippen molar-refractivity contribution in [2.75, 3.05) is 0 Å². The van der Waals surface area contributed by atoms with Gasteiger partial charge in [-0.25, -0.2) is 4.98 Å². The summed E-state index contributed by atoms with van der Waals surface area (Å²) in [5.41, 5.74) is 1.89. The molecular weight excluding hydrogens is 306 g/mol. The van der Waals surface area contributed by atoms with E-state index in [2.05, 4.69) is 15.1 Å². The molecule has 7 heteroatoms. The highest BCUT2D eigenvalue weighted by Gasteiger charge is 2.12. The Balaban J connectivity index is 1.77. The van der Waals surface area contributed by atoms with Crippen molar-refractivity contribution in [2.24, 2.45) is 0 Å². The molecule has 0 aromatic carbocycles. The molecule has 0 aliphatic rings. The van der Waals surface area contributed by atoms with Crippen LogP contribution in [0.3, 0.4) is 0 Å². The van der Waals surface area contributed by atoms with Crippen LogP contribution in [0.5, 0.6) is 0 Å². The van der Waals surface area contributed by atoms with Crippen molar-refractivity contribution in [2.45, 2.75) is 32.3 Å². The molecular formula is C14H15N3O2S2. The number of hydrogen-bond donors (Lipinski definition) is 1. The zero-order chi connectivity index (χ0) is 15.0. The van der Waals surface area contributed by atoms with Gasteiger partial charge in [0.05, 0.1) is 16.8 Å². The largest absolute Gasteiger partial charge is 0.361 e. The van der Waals surface area contributed by atoms with Crippen molar-refractivity contribution < 1.29 is 4.52 Å². The van der Waals surface area contributed by atoms with Gasteiger partial charge in [0.1, 0.15) is 16.4 Å². The number of nitrogens with zero attached hydrogens (tertiary/aromatic N) is 2. The van der Waals surface area contributed by atoms with E-state index in [9.17, 15) is 4.79 Å². The summed E-state index contributed by atoms with van der Waals surface area (Å²) in [7, 11) is 0. The van der Waals surface area contributed by atoms with E-state index in [1.54, 1.807) is 23.1 Å². The van der Waals surface area contributed by atoms with Gasteiger partial charge in [0.25, 0.3) is 5.56 Å². The van der Waals surface area contributed by atoms with Gasteiger partial charge in [0.2, 0.25) is 0 Å². The molecule has 0 saturated carbocycles. The van der Waals surface area contributed by atoms with Gasteiger partial charge in [0.15, 0.2) is 0 Å². The molecule has 0 fully saturated rings. The van der Waals surface area contributed by atoms with Gasteiger partial charge in [-0.05, 0) is 26.3 Å². The number of aromatic nitrogens is 3. The van der Waals surface area contributed by atoms with Crippen LogP contribution in [0.2, 0.25) is 0 Å². The zero-order valence-electron chi connectivity index (χ0n) is 12.0. The summed E-state index contributed by atoms with van der Waals surface area (Å²) in [6.07, 6.45) is 0. The third-order valence-electron chi connectivity index (χ3n) is 3.25. The van der Waals surface area contributed by atoms with E-state index in [-0.39, 0.29) is 5.56 Å². The van der Waals surface area contributed by atoms with Gasteiger partial charge in [-0.15, -0.1) is 23.1 Å². The van der Waals surface area contributed by atoms with Crippen LogP contribution >= 0.6 is 23.1 Å². The Hall–Kier alpha value is -1.60. The van der Waals surface area contributed by atoms with Crippen LogP contribution < -0.4 is 5.56 Å². The van der Waals surface area contributed by atoms with Gasteiger partial charge in [-0.2, -0.15) is 0 Å². The van der Waals surface area contributed by atoms with Gasteiger partial charge < -0.3 is 9.51 Å². The number of thioether (sulfide) groups is 1. The number of thiophene rings is 1. The quantitative estimate of drug-likeness (QED) is 0.798. The second kappa shape index (κ2) is 5.65. The lowest BCUT2D eigenvalue weighted by molar-refractivity contribution is 0.393. The highest BCUT2D eigenvalue weighted by molar-refractivity contribution is 7.97. The number of nitrogens with one attached hydrogen (secondary N) is 1. The minimum atomic E-state index is -0.0465. The number of aromatic amines is 1. The fourth-order valence-corrected chi connectivity index (χ4v) is 3.93. The smallest absolute Gasteiger partial charge is 0.259 e. The number of rotatable bonds is 4. The van der Waals surface area contributed by atoms with Crippen LogP contribution in [-0.4, -0.2) is 15.1 Å². The number of aryl methyl sites for hydroxylation is 3. The Morgan fingerprint density at radius 3 is 2.86 bits per heavy atom.